The minimum atomic E-state index is -0.436. The highest BCUT2D eigenvalue weighted by molar-refractivity contribution is 6.24. The Hall–Kier alpha value is -2.35. The molecule has 3 heterocycles. The number of aromatic nitrogens is 4. The summed E-state index contributed by atoms with van der Waals surface area (Å²) >= 11 is 7.21. The molecule has 8 heteroatoms. The fourth-order valence-electron chi connectivity index (χ4n) is 5.05. The van der Waals surface area contributed by atoms with Crippen molar-refractivity contribution in [3.8, 4) is 5.69 Å². The van der Waals surface area contributed by atoms with E-state index in [1.807, 2.05) is 7.05 Å². The van der Waals surface area contributed by atoms with Gasteiger partial charge in [0.15, 0.2) is 5.82 Å². The van der Waals surface area contributed by atoms with Crippen LogP contribution in [0.15, 0.2) is 42.9 Å². The van der Waals surface area contributed by atoms with E-state index in [-0.39, 0.29) is 11.7 Å². The molecule has 1 fully saturated rings. The second kappa shape index (κ2) is 8.89. The summed E-state index contributed by atoms with van der Waals surface area (Å²) in [6, 6.07) is 9.68. The van der Waals surface area contributed by atoms with Crippen LogP contribution >= 0.6 is 11.6 Å². The quantitative estimate of drug-likeness (QED) is 0.587. The minimum Gasteiger partial charge on any atom is -0.318 e. The van der Waals surface area contributed by atoms with E-state index in [0.29, 0.717) is 5.69 Å². The molecule has 2 aliphatic rings. The average Bonchev–Trinajstić information content (AvgIpc) is 3.20. The summed E-state index contributed by atoms with van der Waals surface area (Å²) in [7, 11) is 1.97. The first-order chi connectivity index (χ1) is 15.6. The summed E-state index contributed by atoms with van der Waals surface area (Å²) in [5.41, 5.74) is 4.07. The van der Waals surface area contributed by atoms with Gasteiger partial charge in [-0.25, -0.2) is 4.39 Å². The largest absolute Gasteiger partial charge is 0.318 e. The second-order valence-electron chi connectivity index (χ2n) is 8.88. The number of alkyl halides is 1. The number of hydrogen-bond acceptors (Lipinski definition) is 5. The first-order valence-electron chi connectivity index (χ1n) is 11.3. The molecule has 0 bridgehead atoms. The lowest BCUT2D eigenvalue weighted by Gasteiger charge is -2.36. The maximum atomic E-state index is 14.2. The van der Waals surface area contributed by atoms with Gasteiger partial charge in [0.1, 0.15) is 12.1 Å². The van der Waals surface area contributed by atoms with E-state index < -0.39 is 4.87 Å². The van der Waals surface area contributed by atoms with Gasteiger partial charge in [-0.15, -0.1) is 21.8 Å². The van der Waals surface area contributed by atoms with Crippen molar-refractivity contribution in [2.24, 2.45) is 0 Å². The fourth-order valence-corrected chi connectivity index (χ4v) is 5.39. The molecule has 2 aromatic heterocycles. The lowest BCUT2D eigenvalue weighted by Crippen LogP contribution is -2.30. The van der Waals surface area contributed by atoms with Crippen LogP contribution < -0.4 is 5.32 Å². The van der Waals surface area contributed by atoms with Crippen LogP contribution in [0.5, 0.6) is 0 Å². The van der Waals surface area contributed by atoms with E-state index in [4.69, 9.17) is 11.6 Å². The van der Waals surface area contributed by atoms with Crippen LogP contribution in [0.1, 0.15) is 54.2 Å². The Morgan fingerprint density at radius 3 is 2.84 bits per heavy atom. The topological polar surface area (TPSA) is 58.9 Å². The van der Waals surface area contributed by atoms with E-state index in [2.05, 4.69) is 48.2 Å². The number of halogens is 2. The summed E-state index contributed by atoms with van der Waals surface area (Å²) < 4.78 is 16.3. The van der Waals surface area contributed by atoms with Gasteiger partial charge in [-0.05, 0) is 62.1 Å². The van der Waals surface area contributed by atoms with Crippen molar-refractivity contribution in [2.45, 2.75) is 49.6 Å². The molecule has 0 amide bonds. The SMILES string of the molecule is CNCCN1Cc2cc(C3(Cl)CCC(c4ncccc4F)CC3)ccc2-n2cnnc2C1. The zero-order chi connectivity index (χ0) is 22.1. The minimum absolute atomic E-state index is 0.125. The van der Waals surface area contributed by atoms with E-state index in [1.165, 1.54) is 11.6 Å². The Bertz CT molecular complexity index is 1090. The van der Waals surface area contributed by atoms with Gasteiger partial charge >= 0.3 is 0 Å². The molecule has 1 aromatic carbocycles. The number of benzene rings is 1. The smallest absolute Gasteiger partial charge is 0.151 e. The molecule has 1 aliphatic heterocycles. The highest BCUT2D eigenvalue weighted by atomic mass is 35.5. The summed E-state index contributed by atoms with van der Waals surface area (Å²) in [5.74, 6) is 0.864. The van der Waals surface area contributed by atoms with Crippen LogP contribution in [0.25, 0.3) is 5.69 Å². The van der Waals surface area contributed by atoms with Gasteiger partial charge < -0.3 is 5.32 Å². The lowest BCUT2D eigenvalue weighted by molar-refractivity contribution is 0.256. The molecule has 1 N–H and O–H groups in total. The van der Waals surface area contributed by atoms with Crippen LogP contribution in [-0.4, -0.2) is 44.8 Å². The van der Waals surface area contributed by atoms with Gasteiger partial charge in [0, 0.05) is 31.7 Å². The third-order valence-electron chi connectivity index (χ3n) is 6.86. The number of likely N-dealkylation sites (N-methyl/N-ethyl adjacent to an activating group) is 1. The number of fused-ring (bicyclic) bond motifs is 3. The number of rotatable bonds is 5. The van der Waals surface area contributed by atoms with E-state index in [1.54, 1.807) is 18.6 Å². The third-order valence-corrected chi connectivity index (χ3v) is 7.46. The van der Waals surface area contributed by atoms with Gasteiger partial charge in [0.05, 0.1) is 22.8 Å². The molecule has 3 aromatic rings. The van der Waals surface area contributed by atoms with Gasteiger partial charge in [-0.3, -0.25) is 14.5 Å². The third kappa shape index (κ3) is 4.05. The Kier molecular flexibility index (Phi) is 5.97. The molecule has 32 heavy (non-hydrogen) atoms. The van der Waals surface area contributed by atoms with Crippen molar-refractivity contribution in [1.82, 2.24) is 30.0 Å². The number of nitrogens with zero attached hydrogens (tertiary/aromatic N) is 5. The molecule has 0 radical (unpaired) electrons. The van der Waals surface area contributed by atoms with Crippen molar-refractivity contribution in [3.63, 3.8) is 0 Å². The monoisotopic (exact) mass is 454 g/mol. The second-order valence-corrected chi connectivity index (χ2v) is 9.61. The van der Waals surface area contributed by atoms with Crippen molar-refractivity contribution in [2.75, 3.05) is 20.1 Å². The van der Waals surface area contributed by atoms with Gasteiger partial charge in [0.25, 0.3) is 0 Å². The maximum Gasteiger partial charge on any atom is 0.151 e. The van der Waals surface area contributed by atoms with Crippen molar-refractivity contribution in [3.05, 3.63) is 71.3 Å². The maximum absolute atomic E-state index is 14.2. The molecule has 0 atom stereocenters. The highest BCUT2D eigenvalue weighted by Gasteiger charge is 2.37. The molecule has 0 spiro atoms. The van der Waals surface area contributed by atoms with Crippen LogP contribution in [0.3, 0.4) is 0 Å². The van der Waals surface area contributed by atoms with Gasteiger partial charge in [-0.1, -0.05) is 12.1 Å². The van der Waals surface area contributed by atoms with Crippen LogP contribution in [0, 0.1) is 5.82 Å². The zero-order valence-electron chi connectivity index (χ0n) is 18.3. The number of hydrogen-bond donors (Lipinski definition) is 1. The summed E-state index contributed by atoms with van der Waals surface area (Å²) in [6.07, 6.45) is 6.73. The molecule has 0 saturated heterocycles. The molecule has 5 rings (SSSR count). The normalized spacial score (nSPS) is 23.4. The predicted octanol–water partition coefficient (Wildman–Crippen LogP) is 4.13. The fraction of sp³-hybridized carbons (Fsp3) is 0.458. The first kappa shape index (κ1) is 21.5. The Morgan fingerprint density at radius 2 is 2.06 bits per heavy atom. The van der Waals surface area contributed by atoms with E-state index in [9.17, 15) is 4.39 Å². The van der Waals surface area contributed by atoms with Crippen molar-refractivity contribution in [1.29, 1.82) is 0 Å². The van der Waals surface area contributed by atoms with Crippen molar-refractivity contribution >= 4 is 11.6 Å². The molecule has 168 valence electrons. The van der Waals surface area contributed by atoms with Crippen LogP contribution in [-0.2, 0) is 18.0 Å². The molecular formula is C24H28ClFN6. The molecule has 1 saturated carbocycles. The summed E-state index contributed by atoms with van der Waals surface area (Å²) in [6.45, 7) is 3.43. The average molecular weight is 455 g/mol. The molecule has 1 aliphatic carbocycles. The zero-order valence-corrected chi connectivity index (χ0v) is 19.0. The molecule has 0 unspecified atom stereocenters. The highest BCUT2D eigenvalue weighted by Crippen LogP contribution is 2.48. The van der Waals surface area contributed by atoms with E-state index >= 15 is 0 Å². The standard InChI is InChI=1S/C24H28ClFN6/c1-27-11-12-31-14-18-13-19(4-5-21(18)32-16-29-30-22(32)15-31)24(25)8-6-17(7-9-24)23-20(26)3-2-10-28-23/h2-5,10,13,16-17,27H,6-9,11-12,14-15H2,1H3. The first-order valence-corrected chi connectivity index (χ1v) is 11.6. The Morgan fingerprint density at radius 1 is 1.22 bits per heavy atom. The Labute approximate surface area is 192 Å². The Balaban J connectivity index is 1.40. The van der Waals surface area contributed by atoms with Crippen LogP contribution in [0.2, 0.25) is 0 Å². The predicted molar refractivity (Wildman–Crippen MR) is 122 cm³/mol. The summed E-state index contributed by atoms with van der Waals surface area (Å²) in [5, 5.41) is 11.7. The lowest BCUT2D eigenvalue weighted by atomic mass is 9.76. The van der Waals surface area contributed by atoms with E-state index in [0.717, 1.165) is 68.9 Å². The molecule has 6 nitrogen and oxygen atoms in total. The van der Waals surface area contributed by atoms with Gasteiger partial charge in [0.2, 0.25) is 0 Å². The van der Waals surface area contributed by atoms with Crippen LogP contribution in [0.4, 0.5) is 4.39 Å². The summed E-state index contributed by atoms with van der Waals surface area (Å²) in [4.78, 5) is 6.24. The van der Waals surface area contributed by atoms with Gasteiger partial charge in [-0.2, -0.15) is 0 Å². The van der Waals surface area contributed by atoms with Crippen molar-refractivity contribution < 1.29 is 4.39 Å². The number of pyridine rings is 1. The number of nitrogens with one attached hydrogen (secondary N) is 1. The molecular weight excluding hydrogens is 427 g/mol.